The molecule has 1 aromatic carbocycles. The minimum absolute atomic E-state index is 0.520. The number of benzene rings is 1. The van der Waals surface area contributed by atoms with Crippen molar-refractivity contribution in [2.75, 3.05) is 0 Å². The van der Waals surface area contributed by atoms with Crippen LogP contribution in [0.4, 0.5) is 0 Å². The summed E-state index contributed by atoms with van der Waals surface area (Å²) in [6.45, 7) is 2.04. The van der Waals surface area contributed by atoms with Gasteiger partial charge in [0.25, 0.3) is 5.22 Å². The van der Waals surface area contributed by atoms with Crippen LogP contribution in [-0.2, 0) is 5.75 Å². The maximum absolute atomic E-state index is 5.69. The van der Waals surface area contributed by atoms with Crippen molar-refractivity contribution in [3.05, 3.63) is 59.3 Å². The number of hydrogen-bond acceptors (Lipinski definition) is 7. The van der Waals surface area contributed by atoms with Crippen LogP contribution in [0, 0.1) is 6.92 Å². The monoisotopic (exact) mass is 355 g/mol. The first kappa shape index (κ1) is 15.2. The quantitative estimate of drug-likeness (QED) is 0.467. The molecular formula is C17H13N3O2S2. The Kier molecular flexibility index (Phi) is 4.18. The number of hydrogen-bond donors (Lipinski definition) is 0. The summed E-state index contributed by atoms with van der Waals surface area (Å²) >= 11 is 3.05. The first-order chi connectivity index (χ1) is 11.8. The molecule has 0 atom stereocenters. The van der Waals surface area contributed by atoms with Gasteiger partial charge in [0.2, 0.25) is 11.8 Å². The van der Waals surface area contributed by atoms with Crippen LogP contribution in [0.1, 0.15) is 11.3 Å². The Balaban J connectivity index is 1.42. The highest BCUT2D eigenvalue weighted by Gasteiger charge is 2.12. The molecule has 0 aliphatic heterocycles. The maximum Gasteiger partial charge on any atom is 0.277 e. The highest BCUT2D eigenvalue weighted by molar-refractivity contribution is 7.98. The van der Waals surface area contributed by atoms with Gasteiger partial charge in [-0.1, -0.05) is 35.5 Å². The van der Waals surface area contributed by atoms with Crippen LogP contribution in [0.25, 0.3) is 22.2 Å². The van der Waals surface area contributed by atoms with E-state index in [0.29, 0.717) is 22.8 Å². The zero-order chi connectivity index (χ0) is 16.4. The summed E-state index contributed by atoms with van der Waals surface area (Å²) in [6, 6.07) is 12.0. The Labute approximate surface area is 146 Å². The van der Waals surface area contributed by atoms with E-state index >= 15 is 0 Å². The van der Waals surface area contributed by atoms with E-state index in [1.807, 2.05) is 48.7 Å². The minimum atomic E-state index is 0.520. The summed E-state index contributed by atoms with van der Waals surface area (Å²) in [5.41, 5.74) is 2.96. The van der Waals surface area contributed by atoms with Gasteiger partial charge in [-0.25, -0.2) is 4.98 Å². The zero-order valence-corrected chi connectivity index (χ0v) is 14.4. The molecule has 0 unspecified atom stereocenters. The number of nitrogens with zero attached hydrogens (tertiary/aromatic N) is 3. The molecule has 3 aromatic heterocycles. The largest absolute Gasteiger partial charge is 0.444 e. The molecule has 0 aliphatic carbocycles. The smallest absolute Gasteiger partial charge is 0.277 e. The molecule has 0 spiro atoms. The molecule has 0 bridgehead atoms. The molecule has 4 rings (SSSR count). The van der Waals surface area contributed by atoms with Crippen molar-refractivity contribution in [2.24, 2.45) is 0 Å². The third-order valence-electron chi connectivity index (χ3n) is 3.33. The van der Waals surface area contributed by atoms with Crippen LogP contribution in [0.15, 0.2) is 62.1 Å². The fourth-order valence-corrected chi connectivity index (χ4v) is 3.40. The van der Waals surface area contributed by atoms with Gasteiger partial charge >= 0.3 is 0 Å². The van der Waals surface area contributed by atoms with Gasteiger partial charge in [-0.2, -0.15) is 0 Å². The molecule has 0 N–H and O–H groups in total. The molecule has 4 aromatic rings. The number of aromatic nitrogens is 3. The molecule has 24 heavy (non-hydrogen) atoms. The Morgan fingerprint density at radius 3 is 2.75 bits per heavy atom. The van der Waals surface area contributed by atoms with Gasteiger partial charge < -0.3 is 8.83 Å². The second kappa shape index (κ2) is 6.62. The Morgan fingerprint density at radius 1 is 1.08 bits per heavy atom. The average Bonchev–Trinajstić information content (AvgIpc) is 3.34. The van der Waals surface area contributed by atoms with E-state index in [4.69, 9.17) is 8.83 Å². The highest BCUT2D eigenvalue weighted by atomic mass is 32.2. The van der Waals surface area contributed by atoms with E-state index in [1.165, 1.54) is 17.3 Å². The molecule has 0 saturated carbocycles. The third kappa shape index (κ3) is 3.27. The van der Waals surface area contributed by atoms with Crippen molar-refractivity contribution in [1.29, 1.82) is 0 Å². The summed E-state index contributed by atoms with van der Waals surface area (Å²) < 4.78 is 11.2. The van der Waals surface area contributed by atoms with Gasteiger partial charge in [-0.15, -0.1) is 21.5 Å². The Bertz CT molecular complexity index is 927. The summed E-state index contributed by atoms with van der Waals surface area (Å²) in [7, 11) is 0. The molecule has 7 heteroatoms. The Morgan fingerprint density at radius 2 is 1.96 bits per heavy atom. The lowest BCUT2D eigenvalue weighted by molar-refractivity contribution is 0.466. The zero-order valence-electron chi connectivity index (χ0n) is 12.8. The van der Waals surface area contributed by atoms with E-state index in [9.17, 15) is 0 Å². The van der Waals surface area contributed by atoms with Crippen LogP contribution >= 0.6 is 23.1 Å². The van der Waals surface area contributed by atoms with Crippen molar-refractivity contribution in [2.45, 2.75) is 17.9 Å². The molecule has 3 heterocycles. The topological polar surface area (TPSA) is 65.0 Å². The molecule has 0 aliphatic rings. The summed E-state index contributed by atoms with van der Waals surface area (Å²) in [6.07, 6.45) is 1.67. The van der Waals surface area contributed by atoms with Crippen molar-refractivity contribution >= 4 is 23.1 Å². The van der Waals surface area contributed by atoms with Crippen LogP contribution < -0.4 is 0 Å². The number of rotatable bonds is 5. The van der Waals surface area contributed by atoms with Gasteiger partial charge in [-0.05, 0) is 30.5 Å². The second-order valence-corrected chi connectivity index (χ2v) is 7.02. The van der Waals surface area contributed by atoms with Crippen LogP contribution in [-0.4, -0.2) is 15.2 Å². The summed E-state index contributed by atoms with van der Waals surface area (Å²) in [5, 5.41) is 10.7. The number of thiophene rings is 1. The van der Waals surface area contributed by atoms with E-state index in [2.05, 4.69) is 15.2 Å². The molecule has 5 nitrogen and oxygen atoms in total. The molecule has 0 fully saturated rings. The first-order valence-electron chi connectivity index (χ1n) is 7.29. The van der Waals surface area contributed by atoms with E-state index in [0.717, 1.165) is 16.1 Å². The van der Waals surface area contributed by atoms with Crippen molar-refractivity contribution in [3.8, 4) is 22.2 Å². The number of aryl methyl sites for hydroxylation is 1. The fraction of sp³-hybridized carbons (Fsp3) is 0.118. The van der Waals surface area contributed by atoms with E-state index in [1.54, 1.807) is 17.6 Å². The molecule has 0 radical (unpaired) electrons. The predicted molar refractivity (Wildman–Crippen MR) is 93.8 cm³/mol. The van der Waals surface area contributed by atoms with Crippen LogP contribution in [0.3, 0.4) is 0 Å². The van der Waals surface area contributed by atoms with E-state index in [-0.39, 0.29) is 0 Å². The van der Waals surface area contributed by atoms with E-state index < -0.39 is 0 Å². The average molecular weight is 355 g/mol. The maximum atomic E-state index is 5.69. The SMILES string of the molecule is Cc1ccc(-c2nnc(SCc3coc(-c4cccs4)n3)o2)cc1. The molecule has 120 valence electrons. The van der Waals surface area contributed by atoms with Crippen molar-refractivity contribution < 1.29 is 8.83 Å². The van der Waals surface area contributed by atoms with Gasteiger partial charge in [0.15, 0.2) is 0 Å². The van der Waals surface area contributed by atoms with Crippen LogP contribution in [0.5, 0.6) is 0 Å². The second-order valence-electron chi connectivity index (χ2n) is 5.15. The van der Waals surface area contributed by atoms with Crippen molar-refractivity contribution in [1.82, 2.24) is 15.2 Å². The summed E-state index contributed by atoms with van der Waals surface area (Å²) in [4.78, 5) is 5.49. The Hall–Kier alpha value is -2.38. The molecule has 0 amide bonds. The lowest BCUT2D eigenvalue weighted by atomic mass is 10.1. The number of thioether (sulfide) groups is 1. The normalized spacial score (nSPS) is 11.0. The van der Waals surface area contributed by atoms with Crippen LogP contribution in [0.2, 0.25) is 0 Å². The first-order valence-corrected chi connectivity index (χ1v) is 9.16. The van der Waals surface area contributed by atoms with Gasteiger partial charge in [0.05, 0.1) is 10.6 Å². The molecule has 0 saturated heterocycles. The van der Waals surface area contributed by atoms with Gasteiger partial charge in [-0.3, -0.25) is 0 Å². The highest BCUT2D eigenvalue weighted by Crippen LogP contribution is 2.28. The third-order valence-corrected chi connectivity index (χ3v) is 5.04. The number of oxazole rings is 1. The lowest BCUT2D eigenvalue weighted by Gasteiger charge is -1.95. The lowest BCUT2D eigenvalue weighted by Crippen LogP contribution is -1.81. The summed E-state index contributed by atoms with van der Waals surface area (Å²) in [5.74, 6) is 1.79. The molecular weight excluding hydrogens is 342 g/mol. The minimum Gasteiger partial charge on any atom is -0.444 e. The fourth-order valence-electron chi connectivity index (χ4n) is 2.10. The predicted octanol–water partition coefficient (Wildman–Crippen LogP) is 5.05. The van der Waals surface area contributed by atoms with Crippen molar-refractivity contribution in [3.63, 3.8) is 0 Å². The van der Waals surface area contributed by atoms with Gasteiger partial charge in [0, 0.05) is 11.3 Å². The standard InChI is InChI=1S/C17H13N3O2S2/c1-11-4-6-12(7-5-11)15-19-20-17(22-15)24-10-13-9-21-16(18-13)14-3-2-8-23-14/h2-9H,10H2,1H3. The van der Waals surface area contributed by atoms with Gasteiger partial charge in [0.1, 0.15) is 6.26 Å².